The van der Waals surface area contributed by atoms with E-state index in [9.17, 15) is 9.46 Å². The molecular weight excluding hydrogens is 775 g/mol. The van der Waals surface area contributed by atoms with Crippen LogP contribution in [0.4, 0.5) is 0 Å². The van der Waals surface area contributed by atoms with Crippen LogP contribution in [0.3, 0.4) is 0 Å². The summed E-state index contributed by atoms with van der Waals surface area (Å²) < 4.78 is 37.7. The molecule has 0 spiro atoms. The monoisotopic (exact) mass is 881 g/mol. The predicted octanol–water partition coefficient (Wildman–Crippen LogP) is 14.4. The van der Waals surface area contributed by atoms with Gasteiger partial charge in [-0.3, -0.25) is 0 Å². The van der Waals surface area contributed by atoms with Crippen molar-refractivity contribution in [2.45, 2.75) is 316 Å². The Bertz CT molecular complexity index is 970. The van der Waals surface area contributed by atoms with Gasteiger partial charge < -0.3 is 28.2 Å². The van der Waals surface area contributed by atoms with Crippen molar-refractivity contribution >= 4 is 7.60 Å². The molecule has 1 atom stereocenters. The molecule has 0 aliphatic heterocycles. The third kappa shape index (κ3) is 39.4. The first kappa shape index (κ1) is 63.1. The van der Waals surface area contributed by atoms with Crippen molar-refractivity contribution in [2.24, 2.45) is 0 Å². The van der Waals surface area contributed by atoms with E-state index in [0.29, 0.717) is 19.4 Å². The van der Waals surface area contributed by atoms with Gasteiger partial charge in [-0.15, -0.1) is 0 Å². The standard InChI is InChI=1S/C52H107O6P.Na/c1-11-13-15-17-19-21-23-25-27-29-31-33-35-37-39-41-43-49(3,4)56-47-45-51(7,8)58-59(53,54)52(9,10)57-48-44-50(5,6)55-46-42-40-38-36-34-32-30-28-26-24-22-20-18-16-14-12-2;/h11-48H2,1-10H3,(H,53,54);/q;+1/p-1. The molecule has 356 valence electrons. The second kappa shape index (κ2) is 39.2. The molecule has 0 aromatic heterocycles. The summed E-state index contributed by atoms with van der Waals surface area (Å²) in [6.45, 7) is 21.3. The summed E-state index contributed by atoms with van der Waals surface area (Å²) in [6.07, 6.45) is 45.7. The maximum Gasteiger partial charge on any atom is 1.00 e. The van der Waals surface area contributed by atoms with Gasteiger partial charge in [0.1, 0.15) is 5.34 Å². The van der Waals surface area contributed by atoms with Gasteiger partial charge in [0.25, 0.3) is 0 Å². The van der Waals surface area contributed by atoms with Gasteiger partial charge in [0.2, 0.25) is 0 Å². The molecule has 0 saturated heterocycles. The Hall–Kier alpha value is 1.03. The topological polar surface area (TPSA) is 77.1 Å². The Kier molecular flexibility index (Phi) is 41.3. The summed E-state index contributed by atoms with van der Waals surface area (Å²) in [5.74, 6) is 0. The number of hydrogen-bond donors (Lipinski definition) is 0. The molecule has 1 unspecified atom stereocenters. The summed E-state index contributed by atoms with van der Waals surface area (Å²) in [6, 6.07) is 0. The van der Waals surface area contributed by atoms with Crippen molar-refractivity contribution < 1.29 is 57.8 Å². The van der Waals surface area contributed by atoms with Crippen LogP contribution in [0.25, 0.3) is 0 Å². The number of rotatable bonds is 46. The Labute approximate surface area is 398 Å². The predicted molar refractivity (Wildman–Crippen MR) is 256 cm³/mol. The molecule has 6 nitrogen and oxygen atoms in total. The largest absolute Gasteiger partial charge is 1.00 e. The van der Waals surface area contributed by atoms with E-state index in [2.05, 4.69) is 41.5 Å². The van der Waals surface area contributed by atoms with Crippen molar-refractivity contribution in [3.05, 3.63) is 0 Å². The molecular formula is C52H106NaO6P. The molecule has 0 aliphatic carbocycles. The normalized spacial score (nSPS) is 13.8. The fraction of sp³-hybridized carbons (Fsp3) is 1.00. The van der Waals surface area contributed by atoms with Crippen molar-refractivity contribution in [2.75, 3.05) is 19.8 Å². The average Bonchev–Trinajstić information content (AvgIpc) is 3.15. The van der Waals surface area contributed by atoms with E-state index in [-0.39, 0.29) is 47.4 Å². The fourth-order valence-electron chi connectivity index (χ4n) is 7.92. The second-order valence-electron chi connectivity index (χ2n) is 20.7. The number of ether oxygens (including phenoxy) is 3. The van der Waals surface area contributed by atoms with Crippen LogP contribution in [0.1, 0.15) is 294 Å². The van der Waals surface area contributed by atoms with E-state index in [1.165, 1.54) is 193 Å². The van der Waals surface area contributed by atoms with E-state index in [0.717, 1.165) is 25.9 Å². The van der Waals surface area contributed by atoms with Gasteiger partial charge in [-0.2, -0.15) is 0 Å². The van der Waals surface area contributed by atoms with E-state index in [1.54, 1.807) is 13.8 Å². The number of unbranched alkanes of at least 4 members (excludes halogenated alkanes) is 30. The van der Waals surface area contributed by atoms with Gasteiger partial charge in [-0.25, -0.2) is 0 Å². The summed E-state index contributed by atoms with van der Waals surface area (Å²) in [4.78, 5) is 13.4. The Morgan fingerprint density at radius 3 is 0.983 bits per heavy atom. The van der Waals surface area contributed by atoms with Gasteiger partial charge in [-0.05, 0) is 81.1 Å². The molecule has 0 radical (unpaired) electrons. The minimum atomic E-state index is -4.35. The molecule has 0 saturated carbocycles. The first-order chi connectivity index (χ1) is 28.0. The molecule has 60 heavy (non-hydrogen) atoms. The molecule has 0 aromatic rings. The quantitative estimate of drug-likeness (QED) is 0.0344. The van der Waals surface area contributed by atoms with E-state index < -0.39 is 18.5 Å². The molecule has 0 aliphatic rings. The molecule has 8 heteroatoms. The number of hydrogen-bond acceptors (Lipinski definition) is 6. The smallest absolute Gasteiger partial charge is 0.776 e. The van der Waals surface area contributed by atoms with E-state index in [4.69, 9.17) is 18.7 Å². The van der Waals surface area contributed by atoms with Crippen LogP contribution >= 0.6 is 7.60 Å². The Balaban J connectivity index is 0. The minimum Gasteiger partial charge on any atom is -0.776 e. The van der Waals surface area contributed by atoms with Crippen molar-refractivity contribution in [1.29, 1.82) is 0 Å². The third-order valence-corrected chi connectivity index (χ3v) is 14.7. The fourth-order valence-corrected chi connectivity index (χ4v) is 9.13. The van der Waals surface area contributed by atoms with Crippen molar-refractivity contribution in [3.8, 4) is 0 Å². The van der Waals surface area contributed by atoms with Crippen LogP contribution in [-0.4, -0.2) is 42.0 Å². The molecule has 0 N–H and O–H groups in total. The van der Waals surface area contributed by atoms with Gasteiger partial charge >= 0.3 is 29.6 Å². The van der Waals surface area contributed by atoms with Crippen molar-refractivity contribution in [3.63, 3.8) is 0 Å². The van der Waals surface area contributed by atoms with E-state index in [1.807, 2.05) is 13.8 Å². The molecule has 0 heterocycles. The summed E-state index contributed by atoms with van der Waals surface area (Å²) >= 11 is 0. The van der Waals surface area contributed by atoms with Gasteiger partial charge in [-0.1, -0.05) is 213 Å². The zero-order valence-electron chi connectivity index (χ0n) is 42.8. The minimum absolute atomic E-state index is 0. The summed E-state index contributed by atoms with van der Waals surface area (Å²) in [7, 11) is -4.35. The van der Waals surface area contributed by atoms with Gasteiger partial charge in [0.15, 0.2) is 7.60 Å². The van der Waals surface area contributed by atoms with Crippen LogP contribution in [0, 0.1) is 0 Å². The van der Waals surface area contributed by atoms with E-state index >= 15 is 0 Å². The zero-order valence-corrected chi connectivity index (χ0v) is 45.7. The van der Waals surface area contributed by atoms with Crippen LogP contribution < -0.4 is 34.5 Å². The first-order valence-corrected chi connectivity index (χ1v) is 27.5. The maximum atomic E-state index is 13.4. The zero-order chi connectivity index (χ0) is 44.2. The van der Waals surface area contributed by atoms with Crippen LogP contribution in [0.15, 0.2) is 0 Å². The van der Waals surface area contributed by atoms with Gasteiger partial charge in [0, 0.05) is 6.61 Å². The van der Waals surface area contributed by atoms with Crippen LogP contribution in [0.5, 0.6) is 0 Å². The first-order valence-electron chi connectivity index (χ1n) is 25.9. The SMILES string of the molecule is CCCCCCCCCCCCCCCCCCOC(C)(C)CCOC(C)(C)P(=O)([O-])OC(C)(C)CCOC(C)(C)CCCCCCCCCCCCCCCCCC.[Na+]. The Morgan fingerprint density at radius 2 is 0.617 bits per heavy atom. The summed E-state index contributed by atoms with van der Waals surface area (Å²) in [5, 5.41) is -1.44. The third-order valence-electron chi connectivity index (χ3n) is 12.5. The van der Waals surface area contributed by atoms with Crippen LogP contribution in [-0.2, 0) is 23.3 Å². The van der Waals surface area contributed by atoms with Gasteiger partial charge in [0.05, 0.1) is 30.0 Å². The maximum absolute atomic E-state index is 13.4. The second-order valence-corrected chi connectivity index (χ2v) is 23.0. The molecule has 0 rings (SSSR count). The molecule has 0 bridgehead atoms. The molecule has 0 amide bonds. The van der Waals surface area contributed by atoms with Crippen LogP contribution in [0.2, 0.25) is 0 Å². The van der Waals surface area contributed by atoms with Crippen molar-refractivity contribution in [1.82, 2.24) is 0 Å². The Morgan fingerprint density at radius 1 is 0.350 bits per heavy atom. The average molecular weight is 881 g/mol. The molecule has 0 aromatic carbocycles. The molecule has 0 fully saturated rings. The summed E-state index contributed by atoms with van der Waals surface area (Å²) in [5.41, 5.74) is -1.51.